The van der Waals surface area contributed by atoms with Gasteiger partial charge in [-0.2, -0.15) is 0 Å². The van der Waals surface area contributed by atoms with Crippen LogP contribution in [0, 0.1) is 17.5 Å². The minimum atomic E-state index is -1.69. The molecule has 7 nitrogen and oxygen atoms in total. The minimum absolute atomic E-state index is 0.0507. The molecule has 4 amide bonds. The summed E-state index contributed by atoms with van der Waals surface area (Å²) >= 11 is 0. The highest BCUT2D eigenvalue weighted by molar-refractivity contribution is 5.94. The molecule has 4 N–H and O–H groups in total. The minimum Gasteiger partial charge on any atom is -0.347 e. The Bertz CT molecular complexity index is 724. The summed E-state index contributed by atoms with van der Waals surface area (Å²) < 4.78 is 39.4. The van der Waals surface area contributed by atoms with Gasteiger partial charge in [0.25, 0.3) is 0 Å². The Hall–Kier alpha value is -2.78. The molecule has 0 saturated heterocycles. The maximum absolute atomic E-state index is 13.5. The van der Waals surface area contributed by atoms with Crippen LogP contribution >= 0.6 is 0 Å². The first-order valence-electron chi connectivity index (χ1n) is 9.11. The predicted octanol–water partition coefficient (Wildman–Crippen LogP) is 2.18. The third kappa shape index (κ3) is 6.75. The van der Waals surface area contributed by atoms with Crippen molar-refractivity contribution >= 4 is 23.5 Å². The molecule has 0 spiro atoms. The lowest BCUT2D eigenvalue weighted by Crippen LogP contribution is -2.44. The molecule has 10 heteroatoms. The van der Waals surface area contributed by atoms with E-state index in [1.54, 1.807) is 0 Å². The first-order chi connectivity index (χ1) is 13.4. The zero-order chi connectivity index (χ0) is 20.5. The Kier molecular flexibility index (Phi) is 8.09. The molecule has 0 bridgehead atoms. The number of rotatable bonds is 7. The molecular weight excluding hydrogens is 377 g/mol. The molecule has 28 heavy (non-hydrogen) atoms. The van der Waals surface area contributed by atoms with Crippen LogP contribution in [-0.4, -0.2) is 37.0 Å². The number of benzene rings is 1. The van der Waals surface area contributed by atoms with Crippen LogP contribution in [0.4, 0.5) is 23.7 Å². The third-order valence-corrected chi connectivity index (χ3v) is 4.33. The second kappa shape index (κ2) is 10.5. The molecule has 1 aromatic carbocycles. The Morgan fingerprint density at radius 1 is 0.929 bits per heavy atom. The lowest BCUT2D eigenvalue weighted by molar-refractivity contribution is -0.124. The maximum atomic E-state index is 13.5. The van der Waals surface area contributed by atoms with Crippen LogP contribution in [0.15, 0.2) is 12.1 Å². The molecule has 1 saturated carbocycles. The molecule has 1 aliphatic carbocycles. The molecule has 0 unspecified atom stereocenters. The summed E-state index contributed by atoms with van der Waals surface area (Å²) in [5.41, 5.74) is -0.529. The predicted molar refractivity (Wildman–Crippen MR) is 96.0 cm³/mol. The van der Waals surface area contributed by atoms with Crippen LogP contribution in [0.2, 0.25) is 0 Å². The second-order valence-corrected chi connectivity index (χ2v) is 6.53. The lowest BCUT2D eigenvalue weighted by Gasteiger charge is -2.22. The van der Waals surface area contributed by atoms with Crippen LogP contribution in [-0.2, 0) is 9.59 Å². The zero-order valence-corrected chi connectivity index (χ0v) is 15.2. The molecule has 1 aromatic rings. The zero-order valence-electron chi connectivity index (χ0n) is 15.2. The van der Waals surface area contributed by atoms with E-state index >= 15 is 0 Å². The smallest absolute Gasteiger partial charge is 0.315 e. The highest BCUT2D eigenvalue weighted by Crippen LogP contribution is 2.19. The molecule has 0 radical (unpaired) electrons. The quantitative estimate of drug-likeness (QED) is 0.528. The fourth-order valence-corrected chi connectivity index (χ4v) is 2.86. The average molecular weight is 400 g/mol. The van der Waals surface area contributed by atoms with Crippen molar-refractivity contribution in [2.24, 2.45) is 0 Å². The van der Waals surface area contributed by atoms with Gasteiger partial charge in [0.05, 0.1) is 12.2 Å². The van der Waals surface area contributed by atoms with E-state index in [1.165, 1.54) is 6.42 Å². The van der Waals surface area contributed by atoms with E-state index in [1.807, 2.05) is 5.32 Å². The molecule has 1 fully saturated rings. The number of anilines is 1. The van der Waals surface area contributed by atoms with Gasteiger partial charge in [0.1, 0.15) is 0 Å². The van der Waals surface area contributed by atoms with Gasteiger partial charge in [-0.3, -0.25) is 9.59 Å². The van der Waals surface area contributed by atoms with Gasteiger partial charge in [0.15, 0.2) is 17.5 Å². The SMILES string of the molecule is O=C(CCNC(=O)NC1CCCCC1)NCC(=O)Nc1ccc(F)c(F)c1F. The van der Waals surface area contributed by atoms with Crippen LogP contribution in [0.25, 0.3) is 0 Å². The van der Waals surface area contributed by atoms with E-state index in [2.05, 4.69) is 16.0 Å². The van der Waals surface area contributed by atoms with Gasteiger partial charge in [0, 0.05) is 19.0 Å². The Labute approximate surface area is 160 Å². The molecule has 1 aliphatic rings. The number of hydrogen-bond acceptors (Lipinski definition) is 3. The highest BCUT2D eigenvalue weighted by Gasteiger charge is 2.17. The standard InChI is InChI=1S/C18H23F3N4O3/c19-12-6-7-13(17(21)16(12)20)25-15(27)10-23-14(26)8-9-22-18(28)24-11-4-2-1-3-5-11/h6-7,11H,1-5,8-10H2,(H,23,26)(H,25,27)(H2,22,24,28). The van der Waals surface area contributed by atoms with E-state index in [9.17, 15) is 27.6 Å². The first kappa shape index (κ1) is 21.5. The van der Waals surface area contributed by atoms with Crippen LogP contribution in [0.5, 0.6) is 0 Å². The summed E-state index contributed by atoms with van der Waals surface area (Å²) in [6, 6.07) is 1.37. The van der Waals surface area contributed by atoms with Crippen molar-refractivity contribution in [1.29, 1.82) is 0 Å². The fraction of sp³-hybridized carbons (Fsp3) is 0.500. The van der Waals surface area contributed by atoms with Crippen molar-refractivity contribution in [3.05, 3.63) is 29.6 Å². The van der Waals surface area contributed by atoms with Crippen molar-refractivity contribution in [3.63, 3.8) is 0 Å². The Morgan fingerprint density at radius 3 is 2.36 bits per heavy atom. The topological polar surface area (TPSA) is 99.3 Å². The lowest BCUT2D eigenvalue weighted by atomic mass is 9.96. The Balaban J connectivity index is 1.63. The summed E-state index contributed by atoms with van der Waals surface area (Å²) in [4.78, 5) is 35.1. The molecule has 154 valence electrons. The molecule has 2 rings (SSSR count). The van der Waals surface area contributed by atoms with Crippen molar-refractivity contribution in [2.45, 2.75) is 44.6 Å². The summed E-state index contributed by atoms with van der Waals surface area (Å²) in [6.07, 6.45) is 5.19. The molecule has 0 heterocycles. The fourth-order valence-electron chi connectivity index (χ4n) is 2.86. The third-order valence-electron chi connectivity index (χ3n) is 4.33. The molecule has 0 aliphatic heterocycles. The maximum Gasteiger partial charge on any atom is 0.315 e. The largest absolute Gasteiger partial charge is 0.347 e. The Morgan fingerprint density at radius 2 is 1.64 bits per heavy atom. The van der Waals surface area contributed by atoms with Crippen LogP contribution in [0.1, 0.15) is 38.5 Å². The first-order valence-corrected chi connectivity index (χ1v) is 9.11. The normalized spacial score (nSPS) is 14.2. The van der Waals surface area contributed by atoms with E-state index in [0.29, 0.717) is 6.07 Å². The monoisotopic (exact) mass is 400 g/mol. The van der Waals surface area contributed by atoms with Gasteiger partial charge < -0.3 is 21.3 Å². The van der Waals surface area contributed by atoms with Gasteiger partial charge in [-0.15, -0.1) is 0 Å². The summed E-state index contributed by atoms with van der Waals surface area (Å²) in [6.45, 7) is -0.394. The van der Waals surface area contributed by atoms with Crippen molar-refractivity contribution in [3.8, 4) is 0 Å². The van der Waals surface area contributed by atoms with Crippen molar-refractivity contribution < 1.29 is 27.6 Å². The van der Waals surface area contributed by atoms with Gasteiger partial charge in [-0.1, -0.05) is 19.3 Å². The van der Waals surface area contributed by atoms with Crippen molar-refractivity contribution in [1.82, 2.24) is 16.0 Å². The van der Waals surface area contributed by atoms with Gasteiger partial charge >= 0.3 is 6.03 Å². The van der Waals surface area contributed by atoms with Crippen molar-refractivity contribution in [2.75, 3.05) is 18.4 Å². The summed E-state index contributed by atoms with van der Waals surface area (Å²) in [5.74, 6) is -5.89. The van der Waals surface area contributed by atoms with Gasteiger partial charge in [-0.05, 0) is 25.0 Å². The van der Waals surface area contributed by atoms with E-state index in [4.69, 9.17) is 0 Å². The molecular formula is C18H23F3N4O3. The average Bonchev–Trinajstić information content (AvgIpc) is 2.67. The molecule has 0 aromatic heterocycles. The van der Waals surface area contributed by atoms with Gasteiger partial charge in [0.2, 0.25) is 11.8 Å². The summed E-state index contributed by atoms with van der Waals surface area (Å²) in [5, 5.41) is 9.74. The number of carbonyl (C=O) groups is 3. The van der Waals surface area contributed by atoms with E-state index in [0.717, 1.165) is 31.7 Å². The summed E-state index contributed by atoms with van der Waals surface area (Å²) in [7, 11) is 0. The van der Waals surface area contributed by atoms with Gasteiger partial charge in [-0.25, -0.2) is 18.0 Å². The second-order valence-electron chi connectivity index (χ2n) is 6.53. The number of halogens is 3. The van der Waals surface area contributed by atoms with Crippen LogP contribution in [0.3, 0.4) is 0 Å². The number of nitrogens with one attached hydrogen (secondary N) is 4. The highest BCUT2D eigenvalue weighted by atomic mass is 19.2. The number of carbonyl (C=O) groups excluding carboxylic acids is 3. The van der Waals surface area contributed by atoms with Crippen LogP contribution < -0.4 is 21.3 Å². The molecule has 0 atom stereocenters. The number of amides is 4. The number of hydrogen-bond donors (Lipinski definition) is 4. The number of urea groups is 1. The van der Waals surface area contributed by atoms with E-state index < -0.39 is 41.5 Å². The van der Waals surface area contributed by atoms with E-state index in [-0.39, 0.29) is 25.0 Å².